The van der Waals surface area contributed by atoms with Crippen molar-refractivity contribution in [2.24, 2.45) is 5.92 Å². The molecule has 1 N–H and O–H groups in total. The molecule has 0 spiro atoms. The van der Waals surface area contributed by atoms with Crippen molar-refractivity contribution in [1.29, 1.82) is 0 Å². The molecule has 2 heterocycles. The monoisotopic (exact) mass is 335 g/mol. The molecule has 1 fully saturated rings. The number of rotatable bonds is 3. The van der Waals surface area contributed by atoms with E-state index >= 15 is 0 Å². The number of carbonyl (C=O) groups is 1. The molecular weight excluding hydrogens is 319 g/mol. The normalized spacial score (nSPS) is 21.4. The van der Waals surface area contributed by atoms with Crippen LogP contribution in [0.4, 0.5) is 19.0 Å². The second-order valence-corrected chi connectivity index (χ2v) is 5.84. The minimum atomic E-state index is -4.22. The Morgan fingerprint density at radius 3 is 2.82 bits per heavy atom. The van der Waals surface area contributed by atoms with Crippen molar-refractivity contribution in [1.82, 2.24) is 9.88 Å². The molecule has 2 unspecified atom stereocenters. The lowest BCUT2D eigenvalue weighted by atomic mass is 9.96. The number of hydrogen-bond acceptors (Lipinski definition) is 3. The van der Waals surface area contributed by atoms with Crippen LogP contribution in [0.1, 0.15) is 19.8 Å². The predicted molar refractivity (Wildman–Crippen MR) is 77.7 cm³/mol. The minimum absolute atomic E-state index is 0.118. The number of alkyl halides is 3. The van der Waals surface area contributed by atoms with Crippen molar-refractivity contribution in [2.45, 2.75) is 32.0 Å². The predicted octanol–water partition coefficient (Wildman–Crippen LogP) is 3.34. The maximum Gasteiger partial charge on any atom is 0.393 e. The van der Waals surface area contributed by atoms with Gasteiger partial charge in [-0.1, -0.05) is 11.6 Å². The fourth-order valence-electron chi connectivity index (χ4n) is 2.47. The van der Waals surface area contributed by atoms with Crippen molar-refractivity contribution in [2.75, 3.05) is 18.4 Å². The van der Waals surface area contributed by atoms with E-state index in [-0.39, 0.29) is 18.9 Å². The number of hydrogen-bond donors (Lipinski definition) is 1. The summed E-state index contributed by atoms with van der Waals surface area (Å²) in [6, 6.07) is 2.47. The molecule has 2 rings (SSSR count). The first-order valence-corrected chi connectivity index (χ1v) is 7.38. The van der Waals surface area contributed by atoms with E-state index in [1.54, 1.807) is 24.0 Å². The summed E-state index contributed by atoms with van der Waals surface area (Å²) in [7, 11) is 0. The minimum Gasteiger partial charge on any atom is -0.309 e. The summed E-state index contributed by atoms with van der Waals surface area (Å²) in [5.74, 6) is -1.42. The number of nitrogens with zero attached hydrogens (tertiary/aromatic N) is 2. The van der Waals surface area contributed by atoms with Gasteiger partial charge in [0.15, 0.2) is 0 Å². The molecule has 1 amide bonds. The molecule has 4 nitrogen and oxygen atoms in total. The van der Waals surface area contributed by atoms with Gasteiger partial charge in [0, 0.05) is 12.7 Å². The molecule has 0 radical (unpaired) electrons. The Morgan fingerprint density at radius 2 is 2.23 bits per heavy atom. The Balaban J connectivity index is 1.96. The number of carbonyl (C=O) groups excluding carboxylic acids is 1. The van der Waals surface area contributed by atoms with E-state index < -0.39 is 18.1 Å². The molecule has 1 saturated heterocycles. The number of amides is 1. The van der Waals surface area contributed by atoms with Crippen molar-refractivity contribution in [3.8, 4) is 0 Å². The maximum absolute atomic E-state index is 12.8. The molecule has 0 aliphatic carbocycles. The zero-order chi connectivity index (χ0) is 16.3. The lowest BCUT2D eigenvalue weighted by Gasteiger charge is -2.36. The van der Waals surface area contributed by atoms with Crippen LogP contribution in [0.2, 0.25) is 5.02 Å². The van der Waals surface area contributed by atoms with E-state index in [1.165, 1.54) is 6.20 Å². The molecule has 2 atom stereocenters. The summed E-state index contributed by atoms with van der Waals surface area (Å²) >= 11 is 5.70. The van der Waals surface area contributed by atoms with Gasteiger partial charge in [-0.05, 0) is 38.4 Å². The largest absolute Gasteiger partial charge is 0.393 e. The number of aromatic nitrogens is 1. The van der Waals surface area contributed by atoms with Crippen LogP contribution in [0.15, 0.2) is 18.3 Å². The highest BCUT2D eigenvalue weighted by molar-refractivity contribution is 6.30. The van der Waals surface area contributed by atoms with Gasteiger partial charge < -0.3 is 5.32 Å². The zero-order valence-electron chi connectivity index (χ0n) is 12.0. The molecule has 1 aliphatic rings. The van der Waals surface area contributed by atoms with Crippen LogP contribution in [0.5, 0.6) is 0 Å². The number of piperidine rings is 1. The van der Waals surface area contributed by atoms with Crippen LogP contribution in [0, 0.1) is 5.92 Å². The van der Waals surface area contributed by atoms with Crippen LogP contribution >= 0.6 is 11.6 Å². The number of pyridine rings is 1. The van der Waals surface area contributed by atoms with Crippen molar-refractivity contribution < 1.29 is 18.0 Å². The summed E-state index contributed by atoms with van der Waals surface area (Å²) in [6.07, 6.45) is -2.27. The molecule has 8 heteroatoms. The molecule has 122 valence electrons. The van der Waals surface area contributed by atoms with Gasteiger partial charge in [-0.2, -0.15) is 13.2 Å². The summed E-state index contributed by atoms with van der Waals surface area (Å²) in [5.41, 5.74) is 0. The van der Waals surface area contributed by atoms with Crippen molar-refractivity contribution in [3.63, 3.8) is 0 Å². The Hall–Kier alpha value is -1.34. The number of anilines is 1. The van der Waals surface area contributed by atoms with Gasteiger partial charge in [-0.25, -0.2) is 4.98 Å². The van der Waals surface area contributed by atoms with E-state index in [4.69, 9.17) is 11.6 Å². The smallest absolute Gasteiger partial charge is 0.309 e. The summed E-state index contributed by atoms with van der Waals surface area (Å²) in [5, 5.41) is 3.03. The second kappa shape index (κ2) is 6.83. The van der Waals surface area contributed by atoms with E-state index in [2.05, 4.69) is 10.3 Å². The molecule has 1 aromatic rings. The summed E-state index contributed by atoms with van der Waals surface area (Å²) in [4.78, 5) is 17.6. The Morgan fingerprint density at radius 1 is 1.50 bits per heavy atom. The molecule has 0 bridgehead atoms. The van der Waals surface area contributed by atoms with E-state index in [0.717, 1.165) is 0 Å². The standard InChI is InChI=1S/C14H17ClF3N3O/c1-9(13(22)20-12-5-4-11(15)7-19-12)21-6-2-3-10(8-21)14(16,17)18/h4-5,7,9-10H,2-3,6,8H2,1H3,(H,19,20,22). The van der Waals surface area contributed by atoms with Crippen molar-refractivity contribution >= 4 is 23.3 Å². The first kappa shape index (κ1) is 17.0. The SMILES string of the molecule is CC(C(=O)Nc1ccc(Cl)cn1)N1CCCC(C(F)(F)F)C1. The number of nitrogens with one attached hydrogen (secondary N) is 1. The maximum atomic E-state index is 12.8. The van der Waals surface area contributed by atoms with Gasteiger partial charge in [0.05, 0.1) is 17.0 Å². The van der Waals surface area contributed by atoms with Crippen molar-refractivity contribution in [3.05, 3.63) is 23.4 Å². The van der Waals surface area contributed by atoms with Gasteiger partial charge in [0.25, 0.3) is 0 Å². The molecule has 1 aromatic heterocycles. The third-order valence-electron chi connectivity index (χ3n) is 3.82. The topological polar surface area (TPSA) is 45.2 Å². The van der Waals surface area contributed by atoms with Gasteiger partial charge >= 0.3 is 6.18 Å². The highest BCUT2D eigenvalue weighted by Crippen LogP contribution is 2.33. The highest BCUT2D eigenvalue weighted by Gasteiger charge is 2.43. The van der Waals surface area contributed by atoms with Crippen LogP contribution in [-0.4, -0.2) is 41.1 Å². The van der Waals surface area contributed by atoms with Crippen LogP contribution in [-0.2, 0) is 4.79 Å². The Kier molecular flexibility index (Phi) is 5.28. The molecule has 0 saturated carbocycles. The Bertz CT molecular complexity index is 521. The van der Waals surface area contributed by atoms with Crippen LogP contribution in [0.25, 0.3) is 0 Å². The van der Waals surface area contributed by atoms with E-state index in [0.29, 0.717) is 23.8 Å². The lowest BCUT2D eigenvalue weighted by molar-refractivity contribution is -0.188. The third-order valence-corrected chi connectivity index (χ3v) is 4.05. The van der Waals surface area contributed by atoms with Gasteiger partial charge in [-0.15, -0.1) is 0 Å². The summed E-state index contributed by atoms with van der Waals surface area (Å²) < 4.78 is 38.4. The summed E-state index contributed by atoms with van der Waals surface area (Å²) in [6.45, 7) is 1.94. The molecular formula is C14H17ClF3N3O. The fourth-order valence-corrected chi connectivity index (χ4v) is 2.58. The quantitative estimate of drug-likeness (QED) is 0.921. The average molecular weight is 336 g/mol. The fraction of sp³-hybridized carbons (Fsp3) is 0.571. The highest BCUT2D eigenvalue weighted by atomic mass is 35.5. The zero-order valence-corrected chi connectivity index (χ0v) is 12.8. The first-order valence-electron chi connectivity index (χ1n) is 7.00. The third kappa shape index (κ3) is 4.33. The lowest BCUT2D eigenvalue weighted by Crippen LogP contribution is -2.49. The molecule has 22 heavy (non-hydrogen) atoms. The van der Waals surface area contributed by atoms with E-state index in [1.807, 2.05) is 0 Å². The van der Waals surface area contributed by atoms with E-state index in [9.17, 15) is 18.0 Å². The molecule has 0 aromatic carbocycles. The number of halogens is 4. The van der Waals surface area contributed by atoms with Gasteiger partial charge in [0.2, 0.25) is 5.91 Å². The average Bonchev–Trinajstić information content (AvgIpc) is 2.48. The number of likely N-dealkylation sites (tertiary alicyclic amines) is 1. The second-order valence-electron chi connectivity index (χ2n) is 5.40. The van der Waals surface area contributed by atoms with Crippen LogP contribution < -0.4 is 5.32 Å². The molecule has 1 aliphatic heterocycles. The van der Waals surface area contributed by atoms with Crippen LogP contribution in [0.3, 0.4) is 0 Å². The van der Waals surface area contributed by atoms with Gasteiger partial charge in [-0.3, -0.25) is 9.69 Å². The Labute approximate surface area is 131 Å². The van der Waals surface area contributed by atoms with Gasteiger partial charge in [0.1, 0.15) is 5.82 Å². The first-order chi connectivity index (χ1) is 10.3.